The van der Waals surface area contributed by atoms with Crippen molar-refractivity contribution in [2.24, 2.45) is 11.3 Å². The standard InChI is InChI=1S/C25H31N3O2/c1-26-24(30)25(12-15-28(18-25)23(29)16-19-6-2-3-7-19)17-21-8-4-5-9-22(21)20-10-13-27-14-11-20/h4-5,8-11,13-14,19H,2-3,6-7,12,15-18H2,1H3,(H,26,30)/t25-/m1/s1. The van der Waals surface area contributed by atoms with Crippen LogP contribution in [0.3, 0.4) is 0 Å². The van der Waals surface area contributed by atoms with Crippen molar-refractivity contribution in [3.63, 3.8) is 0 Å². The highest BCUT2D eigenvalue weighted by molar-refractivity contribution is 5.86. The lowest BCUT2D eigenvalue weighted by molar-refractivity contribution is -0.133. The van der Waals surface area contributed by atoms with Crippen molar-refractivity contribution < 1.29 is 9.59 Å². The molecule has 1 atom stereocenters. The van der Waals surface area contributed by atoms with Crippen molar-refractivity contribution in [1.29, 1.82) is 0 Å². The molecule has 1 aromatic carbocycles. The first-order valence-corrected chi connectivity index (χ1v) is 11.1. The second kappa shape index (κ2) is 8.99. The SMILES string of the molecule is CNC(=O)[C@@]1(Cc2ccccc2-c2ccncc2)CCN(C(=O)CC2CCCC2)C1. The third kappa shape index (κ3) is 4.25. The number of likely N-dealkylation sites (tertiary alicyclic amines) is 1. The molecule has 1 saturated carbocycles. The number of pyridine rings is 1. The molecule has 1 aliphatic carbocycles. The van der Waals surface area contributed by atoms with E-state index in [1.54, 1.807) is 19.4 Å². The maximum atomic E-state index is 13.0. The maximum absolute atomic E-state index is 13.0. The highest BCUT2D eigenvalue weighted by atomic mass is 16.2. The maximum Gasteiger partial charge on any atom is 0.228 e. The second-order valence-electron chi connectivity index (χ2n) is 8.85. The fourth-order valence-corrected chi connectivity index (χ4v) is 5.20. The van der Waals surface area contributed by atoms with Crippen molar-refractivity contribution in [1.82, 2.24) is 15.2 Å². The average molecular weight is 406 g/mol. The number of amides is 2. The van der Waals surface area contributed by atoms with E-state index in [0.29, 0.717) is 38.3 Å². The zero-order valence-electron chi connectivity index (χ0n) is 17.8. The minimum Gasteiger partial charge on any atom is -0.359 e. The van der Waals surface area contributed by atoms with Crippen molar-refractivity contribution >= 4 is 11.8 Å². The van der Waals surface area contributed by atoms with Crippen LogP contribution in [0.15, 0.2) is 48.8 Å². The highest BCUT2D eigenvalue weighted by Crippen LogP contribution is 2.38. The van der Waals surface area contributed by atoms with Crippen molar-refractivity contribution in [2.75, 3.05) is 20.1 Å². The Balaban J connectivity index is 1.56. The zero-order chi connectivity index (χ0) is 21.0. The van der Waals surface area contributed by atoms with Gasteiger partial charge in [-0.15, -0.1) is 0 Å². The molecular weight excluding hydrogens is 374 g/mol. The van der Waals surface area contributed by atoms with Gasteiger partial charge in [0, 0.05) is 39.0 Å². The fourth-order valence-electron chi connectivity index (χ4n) is 5.20. The fraction of sp³-hybridized carbons (Fsp3) is 0.480. The van der Waals surface area contributed by atoms with Crippen LogP contribution < -0.4 is 5.32 Å². The zero-order valence-corrected chi connectivity index (χ0v) is 17.8. The van der Waals surface area contributed by atoms with Crippen LogP contribution in [0.5, 0.6) is 0 Å². The van der Waals surface area contributed by atoms with Gasteiger partial charge in [-0.1, -0.05) is 37.1 Å². The summed E-state index contributed by atoms with van der Waals surface area (Å²) in [6, 6.07) is 12.2. The summed E-state index contributed by atoms with van der Waals surface area (Å²) in [6.07, 6.45) is 10.4. The van der Waals surface area contributed by atoms with Crippen LogP contribution >= 0.6 is 0 Å². The minimum atomic E-state index is -0.580. The highest BCUT2D eigenvalue weighted by Gasteiger charge is 2.46. The summed E-state index contributed by atoms with van der Waals surface area (Å²) in [4.78, 5) is 32.0. The van der Waals surface area contributed by atoms with Gasteiger partial charge in [0.25, 0.3) is 0 Å². The largest absolute Gasteiger partial charge is 0.359 e. The number of hydrogen-bond acceptors (Lipinski definition) is 3. The molecular formula is C25H31N3O2. The summed E-state index contributed by atoms with van der Waals surface area (Å²) in [5.41, 5.74) is 2.78. The molecule has 1 aromatic heterocycles. The Hall–Kier alpha value is -2.69. The lowest BCUT2D eigenvalue weighted by Crippen LogP contribution is -2.44. The van der Waals surface area contributed by atoms with Gasteiger partial charge in [0.2, 0.25) is 11.8 Å². The molecule has 5 heteroatoms. The summed E-state index contributed by atoms with van der Waals surface area (Å²) >= 11 is 0. The third-order valence-electron chi connectivity index (χ3n) is 6.89. The van der Waals surface area contributed by atoms with Crippen LogP contribution in [0.2, 0.25) is 0 Å². The first-order chi connectivity index (χ1) is 14.6. The Kier molecular flexibility index (Phi) is 6.16. The van der Waals surface area contributed by atoms with E-state index < -0.39 is 5.41 Å². The van der Waals surface area contributed by atoms with Crippen LogP contribution in [0.25, 0.3) is 11.1 Å². The molecule has 0 bridgehead atoms. The normalized spacial score (nSPS) is 21.7. The molecule has 5 nitrogen and oxygen atoms in total. The third-order valence-corrected chi connectivity index (χ3v) is 6.89. The summed E-state index contributed by atoms with van der Waals surface area (Å²) in [6.45, 7) is 1.17. The number of carbonyl (C=O) groups is 2. The first kappa shape index (κ1) is 20.6. The molecule has 1 aliphatic heterocycles. The number of aromatic nitrogens is 1. The van der Waals surface area contributed by atoms with Crippen LogP contribution in [-0.4, -0.2) is 41.8 Å². The van der Waals surface area contributed by atoms with Gasteiger partial charge in [-0.2, -0.15) is 0 Å². The van der Waals surface area contributed by atoms with Gasteiger partial charge in [-0.3, -0.25) is 14.6 Å². The molecule has 0 radical (unpaired) electrons. The van der Waals surface area contributed by atoms with E-state index in [1.165, 1.54) is 25.7 Å². The van der Waals surface area contributed by atoms with E-state index in [1.807, 2.05) is 29.2 Å². The topological polar surface area (TPSA) is 62.3 Å². The Labute approximate surface area is 178 Å². The smallest absolute Gasteiger partial charge is 0.228 e. The monoisotopic (exact) mass is 405 g/mol. The van der Waals surface area contributed by atoms with Crippen molar-refractivity contribution in [3.05, 3.63) is 54.4 Å². The van der Waals surface area contributed by atoms with Crippen LogP contribution in [0.4, 0.5) is 0 Å². The lowest BCUT2D eigenvalue weighted by Gasteiger charge is -2.29. The average Bonchev–Trinajstić information content (AvgIpc) is 3.45. The van der Waals surface area contributed by atoms with E-state index in [-0.39, 0.29) is 11.8 Å². The number of carbonyl (C=O) groups excluding carboxylic acids is 2. The minimum absolute atomic E-state index is 0.0307. The number of nitrogens with zero attached hydrogens (tertiary/aromatic N) is 2. The Morgan fingerprint density at radius 1 is 1.13 bits per heavy atom. The van der Waals surface area contributed by atoms with E-state index >= 15 is 0 Å². The molecule has 2 aliphatic rings. The Morgan fingerprint density at radius 3 is 2.60 bits per heavy atom. The van der Waals surface area contributed by atoms with Crippen LogP contribution in [0.1, 0.15) is 44.1 Å². The Morgan fingerprint density at radius 2 is 1.87 bits per heavy atom. The van der Waals surface area contributed by atoms with Gasteiger partial charge in [0.05, 0.1) is 5.41 Å². The summed E-state index contributed by atoms with van der Waals surface area (Å²) in [7, 11) is 1.70. The van der Waals surface area contributed by atoms with Gasteiger partial charge < -0.3 is 10.2 Å². The molecule has 0 unspecified atom stereocenters. The molecule has 0 spiro atoms. The van der Waals surface area contributed by atoms with Gasteiger partial charge in [-0.05, 0) is 60.4 Å². The van der Waals surface area contributed by atoms with Crippen molar-refractivity contribution in [2.45, 2.75) is 44.9 Å². The predicted molar refractivity (Wildman–Crippen MR) is 118 cm³/mol. The van der Waals surface area contributed by atoms with Crippen LogP contribution in [0, 0.1) is 11.3 Å². The lowest BCUT2D eigenvalue weighted by atomic mass is 9.78. The van der Waals surface area contributed by atoms with Crippen molar-refractivity contribution in [3.8, 4) is 11.1 Å². The second-order valence-corrected chi connectivity index (χ2v) is 8.85. The van der Waals surface area contributed by atoms with E-state index in [2.05, 4.69) is 22.4 Å². The summed E-state index contributed by atoms with van der Waals surface area (Å²) in [5.74, 6) is 0.776. The molecule has 1 saturated heterocycles. The molecule has 2 aromatic rings. The van der Waals surface area contributed by atoms with Gasteiger partial charge >= 0.3 is 0 Å². The molecule has 4 rings (SSSR count). The number of hydrogen-bond donors (Lipinski definition) is 1. The predicted octanol–water partition coefficient (Wildman–Crippen LogP) is 3.84. The van der Waals surface area contributed by atoms with E-state index in [4.69, 9.17) is 0 Å². The van der Waals surface area contributed by atoms with Gasteiger partial charge in [0.15, 0.2) is 0 Å². The Bertz CT molecular complexity index is 892. The van der Waals surface area contributed by atoms with Gasteiger partial charge in [-0.25, -0.2) is 0 Å². The quantitative estimate of drug-likeness (QED) is 0.794. The summed E-state index contributed by atoms with van der Waals surface area (Å²) < 4.78 is 0. The first-order valence-electron chi connectivity index (χ1n) is 11.1. The molecule has 1 N–H and O–H groups in total. The van der Waals surface area contributed by atoms with Gasteiger partial charge in [0.1, 0.15) is 0 Å². The molecule has 158 valence electrons. The molecule has 30 heavy (non-hydrogen) atoms. The van der Waals surface area contributed by atoms with E-state index in [9.17, 15) is 9.59 Å². The number of rotatable bonds is 6. The number of benzene rings is 1. The number of nitrogens with one attached hydrogen (secondary N) is 1. The molecule has 2 fully saturated rings. The van der Waals surface area contributed by atoms with Crippen LogP contribution in [-0.2, 0) is 16.0 Å². The van der Waals surface area contributed by atoms with E-state index in [0.717, 1.165) is 16.7 Å². The molecule has 2 amide bonds. The molecule has 2 heterocycles. The summed E-state index contributed by atoms with van der Waals surface area (Å²) in [5, 5.41) is 2.87.